The highest BCUT2D eigenvalue weighted by Crippen LogP contribution is 2.37. The first kappa shape index (κ1) is 10.6. The number of rotatable bonds is 5. The van der Waals surface area contributed by atoms with Gasteiger partial charge in [-0.15, -0.1) is 0 Å². The van der Waals surface area contributed by atoms with Gasteiger partial charge in [-0.2, -0.15) is 5.10 Å². The molecular weight excluding hydrogens is 190 g/mol. The van der Waals surface area contributed by atoms with Crippen molar-refractivity contribution in [2.45, 2.75) is 37.8 Å². The van der Waals surface area contributed by atoms with Gasteiger partial charge in [0.2, 0.25) is 0 Å². The summed E-state index contributed by atoms with van der Waals surface area (Å²) in [4.78, 5) is 0. The molecule has 1 saturated carbocycles. The second-order valence-electron chi connectivity index (χ2n) is 4.49. The van der Waals surface area contributed by atoms with Gasteiger partial charge >= 0.3 is 0 Å². The Balaban J connectivity index is 2.04. The first-order chi connectivity index (χ1) is 7.19. The fourth-order valence-corrected chi connectivity index (χ4v) is 1.91. The number of aliphatic hydroxyl groups is 1. The van der Waals surface area contributed by atoms with Crippen molar-refractivity contribution in [3.8, 4) is 0 Å². The maximum Gasteiger partial charge on any atom is 0.0613 e. The van der Waals surface area contributed by atoms with E-state index in [9.17, 15) is 5.11 Å². The first-order valence-electron chi connectivity index (χ1n) is 5.56. The van der Waals surface area contributed by atoms with Crippen LogP contribution in [0.3, 0.4) is 0 Å². The molecule has 0 saturated heterocycles. The Morgan fingerprint density at radius 3 is 2.80 bits per heavy atom. The van der Waals surface area contributed by atoms with Crippen LogP contribution < -0.4 is 5.32 Å². The Labute approximate surface area is 90.3 Å². The summed E-state index contributed by atoms with van der Waals surface area (Å²) in [7, 11) is 1.93. The van der Waals surface area contributed by atoms with Gasteiger partial charge in [0.1, 0.15) is 0 Å². The fraction of sp³-hybridized carbons (Fsp3) is 0.727. The van der Waals surface area contributed by atoms with Crippen molar-refractivity contribution in [1.29, 1.82) is 0 Å². The Kier molecular flexibility index (Phi) is 2.80. The van der Waals surface area contributed by atoms with E-state index < -0.39 is 0 Å². The molecule has 2 N–H and O–H groups in total. The minimum Gasteiger partial charge on any atom is -0.394 e. The molecule has 0 aromatic carbocycles. The lowest BCUT2D eigenvalue weighted by atomic mass is 10.1. The zero-order chi connectivity index (χ0) is 10.9. The van der Waals surface area contributed by atoms with Crippen molar-refractivity contribution in [3.63, 3.8) is 0 Å². The normalized spacial score (nSPS) is 20.2. The van der Waals surface area contributed by atoms with E-state index in [0.717, 1.165) is 19.3 Å². The van der Waals surface area contributed by atoms with E-state index in [1.54, 1.807) is 0 Å². The molecule has 1 aliphatic rings. The minimum absolute atomic E-state index is 0.00345. The van der Waals surface area contributed by atoms with Gasteiger partial charge in [0.15, 0.2) is 0 Å². The number of aliphatic hydroxyl groups excluding tert-OH is 1. The van der Waals surface area contributed by atoms with Crippen molar-refractivity contribution in [2.75, 3.05) is 6.61 Å². The van der Waals surface area contributed by atoms with Crippen LogP contribution in [0.1, 0.15) is 37.8 Å². The summed E-state index contributed by atoms with van der Waals surface area (Å²) in [6.45, 7) is 2.39. The number of aryl methyl sites for hydroxylation is 1. The van der Waals surface area contributed by atoms with Crippen LogP contribution in [0.25, 0.3) is 0 Å². The number of aromatic nitrogens is 2. The predicted octanol–water partition coefficient (Wildman–Crippen LogP) is 0.986. The summed E-state index contributed by atoms with van der Waals surface area (Å²) in [5.41, 5.74) is 1.20. The van der Waals surface area contributed by atoms with Crippen LogP contribution in [0.4, 0.5) is 0 Å². The van der Waals surface area contributed by atoms with Crippen molar-refractivity contribution < 1.29 is 5.11 Å². The third kappa shape index (κ3) is 2.21. The van der Waals surface area contributed by atoms with Crippen LogP contribution in [-0.2, 0) is 7.05 Å². The second-order valence-corrected chi connectivity index (χ2v) is 4.49. The van der Waals surface area contributed by atoms with Gasteiger partial charge in [-0.1, -0.05) is 6.92 Å². The third-order valence-corrected chi connectivity index (χ3v) is 3.17. The number of nitrogens with one attached hydrogen (secondary N) is 1. The van der Waals surface area contributed by atoms with Gasteiger partial charge in [-0.05, 0) is 19.3 Å². The van der Waals surface area contributed by atoms with Crippen molar-refractivity contribution in [2.24, 2.45) is 7.05 Å². The maximum absolute atomic E-state index is 9.27. The fourth-order valence-electron chi connectivity index (χ4n) is 1.91. The highest BCUT2D eigenvalue weighted by Gasteiger charge is 2.43. The molecule has 0 aliphatic heterocycles. The van der Waals surface area contributed by atoms with Crippen molar-refractivity contribution in [3.05, 3.63) is 18.0 Å². The predicted molar refractivity (Wildman–Crippen MR) is 58.4 cm³/mol. The lowest BCUT2D eigenvalue weighted by molar-refractivity contribution is 0.217. The highest BCUT2D eigenvalue weighted by molar-refractivity contribution is 5.14. The molecule has 4 heteroatoms. The molecule has 0 radical (unpaired) electrons. The number of hydrogen-bond donors (Lipinski definition) is 2. The minimum atomic E-state index is -0.00345. The monoisotopic (exact) mass is 209 g/mol. The molecule has 84 valence electrons. The van der Waals surface area contributed by atoms with Crippen molar-refractivity contribution >= 4 is 0 Å². The van der Waals surface area contributed by atoms with E-state index in [4.69, 9.17) is 0 Å². The quantitative estimate of drug-likeness (QED) is 0.760. The summed E-state index contributed by atoms with van der Waals surface area (Å²) in [6, 6.07) is 0.313. The zero-order valence-corrected chi connectivity index (χ0v) is 9.40. The van der Waals surface area contributed by atoms with Gasteiger partial charge in [0.05, 0.1) is 12.8 Å². The topological polar surface area (TPSA) is 50.1 Å². The highest BCUT2D eigenvalue weighted by atomic mass is 16.3. The molecule has 2 rings (SSSR count). The SMILES string of the molecule is CCC(NC1(CO)CC1)c1cnn(C)c1. The molecule has 1 aliphatic carbocycles. The Hall–Kier alpha value is -0.870. The van der Waals surface area contributed by atoms with E-state index in [1.807, 2.05) is 24.1 Å². The average Bonchev–Trinajstić information content (AvgIpc) is 2.90. The molecule has 1 aromatic heterocycles. The molecular formula is C11H19N3O. The van der Waals surface area contributed by atoms with Gasteiger partial charge in [0, 0.05) is 30.4 Å². The largest absolute Gasteiger partial charge is 0.394 e. The van der Waals surface area contributed by atoms with Crippen LogP contribution in [0, 0.1) is 0 Å². The van der Waals surface area contributed by atoms with Crippen LogP contribution in [0.15, 0.2) is 12.4 Å². The number of hydrogen-bond acceptors (Lipinski definition) is 3. The van der Waals surface area contributed by atoms with Crippen LogP contribution >= 0.6 is 0 Å². The summed E-state index contributed by atoms with van der Waals surface area (Å²) in [5, 5.41) is 17.0. The summed E-state index contributed by atoms with van der Waals surface area (Å²) >= 11 is 0. The molecule has 15 heavy (non-hydrogen) atoms. The Bertz CT molecular complexity index is 330. The zero-order valence-electron chi connectivity index (χ0n) is 9.40. The molecule has 1 aromatic rings. The Morgan fingerprint density at radius 1 is 1.67 bits per heavy atom. The summed E-state index contributed by atoms with van der Waals surface area (Å²) < 4.78 is 1.82. The van der Waals surface area contributed by atoms with Crippen LogP contribution in [0.5, 0.6) is 0 Å². The lowest BCUT2D eigenvalue weighted by Crippen LogP contribution is -2.37. The van der Waals surface area contributed by atoms with Gasteiger partial charge in [0.25, 0.3) is 0 Å². The van der Waals surface area contributed by atoms with E-state index in [-0.39, 0.29) is 12.1 Å². The molecule has 0 bridgehead atoms. The van der Waals surface area contributed by atoms with Gasteiger partial charge in [-0.25, -0.2) is 0 Å². The summed E-state index contributed by atoms with van der Waals surface area (Å²) in [6.07, 6.45) is 7.12. The van der Waals surface area contributed by atoms with Gasteiger partial charge in [-0.3, -0.25) is 4.68 Å². The van der Waals surface area contributed by atoms with E-state index in [0.29, 0.717) is 6.04 Å². The molecule has 0 spiro atoms. The van der Waals surface area contributed by atoms with E-state index >= 15 is 0 Å². The summed E-state index contributed by atoms with van der Waals surface area (Å²) in [5.74, 6) is 0. The van der Waals surface area contributed by atoms with E-state index in [2.05, 4.69) is 17.3 Å². The average molecular weight is 209 g/mol. The lowest BCUT2D eigenvalue weighted by Gasteiger charge is -2.22. The third-order valence-electron chi connectivity index (χ3n) is 3.17. The standard InChI is InChI=1S/C11H19N3O/c1-3-10(9-6-12-14(2)7-9)13-11(8-15)4-5-11/h6-7,10,13,15H,3-5,8H2,1-2H3. The van der Waals surface area contributed by atoms with E-state index in [1.165, 1.54) is 5.56 Å². The van der Waals surface area contributed by atoms with Gasteiger partial charge < -0.3 is 10.4 Å². The molecule has 0 amide bonds. The smallest absolute Gasteiger partial charge is 0.0613 e. The van der Waals surface area contributed by atoms with Crippen LogP contribution in [-0.4, -0.2) is 27.0 Å². The van der Waals surface area contributed by atoms with Crippen LogP contribution in [0.2, 0.25) is 0 Å². The molecule has 1 heterocycles. The second kappa shape index (κ2) is 3.94. The maximum atomic E-state index is 9.27. The molecule has 1 atom stereocenters. The number of nitrogens with zero attached hydrogens (tertiary/aromatic N) is 2. The molecule has 4 nitrogen and oxygen atoms in total. The first-order valence-corrected chi connectivity index (χ1v) is 5.56. The Morgan fingerprint density at radius 2 is 2.40 bits per heavy atom. The molecule has 1 fully saturated rings. The van der Waals surface area contributed by atoms with Crippen molar-refractivity contribution in [1.82, 2.24) is 15.1 Å². The molecule has 1 unspecified atom stereocenters.